The van der Waals surface area contributed by atoms with Gasteiger partial charge >= 0.3 is 5.97 Å². The van der Waals surface area contributed by atoms with E-state index in [1.165, 1.54) is 0 Å². The molecule has 0 aliphatic heterocycles. The molecule has 0 aromatic heterocycles. The fourth-order valence-corrected chi connectivity index (χ4v) is 2.39. The second kappa shape index (κ2) is 13.5. The minimum atomic E-state index is -0.695. The van der Waals surface area contributed by atoms with Crippen LogP contribution in [0.4, 0.5) is 0 Å². The van der Waals surface area contributed by atoms with Gasteiger partial charge in [0.2, 0.25) is 5.91 Å². The Morgan fingerprint density at radius 2 is 1.93 bits per heavy atom. The number of nitrogens with two attached hydrogens (primary N) is 1. The maximum Gasteiger partial charge on any atom is 0.325 e. The van der Waals surface area contributed by atoms with E-state index in [-0.39, 0.29) is 24.6 Å². The Bertz CT molecular complexity index is 557. The molecule has 2 atom stereocenters. The Morgan fingerprint density at radius 3 is 2.56 bits per heavy atom. The zero-order chi connectivity index (χ0) is 20.1. The number of hydrogen-bond donors (Lipinski definition) is 4. The Balaban J connectivity index is 2.51. The summed E-state index contributed by atoms with van der Waals surface area (Å²) in [7, 11) is 0. The molecule has 0 spiro atoms. The highest BCUT2D eigenvalue weighted by Gasteiger charge is 2.20. The van der Waals surface area contributed by atoms with Crippen molar-refractivity contribution in [2.24, 2.45) is 5.73 Å². The second-order valence-electron chi connectivity index (χ2n) is 6.45. The van der Waals surface area contributed by atoms with Crippen LogP contribution < -0.4 is 16.4 Å². The molecule has 1 aromatic carbocycles. The van der Waals surface area contributed by atoms with Crippen molar-refractivity contribution in [3.8, 4) is 0 Å². The number of ether oxygens (including phenoxy) is 2. The molecular formula is C19H31N3O4S. The molecule has 0 aliphatic carbocycles. The highest BCUT2D eigenvalue weighted by atomic mass is 32.1. The molecule has 1 rings (SSSR count). The van der Waals surface area contributed by atoms with Crippen molar-refractivity contribution in [3.05, 3.63) is 35.9 Å². The number of thiol groups is 1. The Morgan fingerprint density at radius 1 is 1.22 bits per heavy atom. The number of carbonyl (C=O) groups excluding carboxylic acids is 2. The van der Waals surface area contributed by atoms with Crippen LogP contribution in [0.2, 0.25) is 0 Å². The van der Waals surface area contributed by atoms with Crippen molar-refractivity contribution in [2.75, 3.05) is 32.0 Å². The van der Waals surface area contributed by atoms with Crippen molar-refractivity contribution in [1.82, 2.24) is 10.6 Å². The van der Waals surface area contributed by atoms with Crippen molar-refractivity contribution in [2.45, 2.75) is 38.5 Å². The van der Waals surface area contributed by atoms with E-state index in [1.807, 2.05) is 30.3 Å². The molecule has 0 heterocycles. The summed E-state index contributed by atoms with van der Waals surface area (Å²) < 4.78 is 10.8. The first-order valence-corrected chi connectivity index (χ1v) is 9.75. The lowest BCUT2D eigenvalue weighted by Crippen LogP contribution is -2.42. The Kier molecular flexibility index (Phi) is 11.8. The molecule has 0 saturated carbocycles. The average Bonchev–Trinajstić information content (AvgIpc) is 2.64. The lowest BCUT2D eigenvalue weighted by Gasteiger charge is -2.18. The molecule has 27 heavy (non-hydrogen) atoms. The van der Waals surface area contributed by atoms with Crippen LogP contribution in [0.15, 0.2) is 30.3 Å². The third-order valence-electron chi connectivity index (χ3n) is 3.57. The molecule has 7 nitrogen and oxygen atoms in total. The van der Waals surface area contributed by atoms with Crippen LogP contribution in [0.5, 0.6) is 0 Å². The van der Waals surface area contributed by atoms with E-state index in [1.54, 1.807) is 13.8 Å². The van der Waals surface area contributed by atoms with Gasteiger partial charge in [0.05, 0.1) is 12.7 Å². The van der Waals surface area contributed by atoms with Gasteiger partial charge in [-0.1, -0.05) is 30.3 Å². The molecular weight excluding hydrogens is 366 g/mol. The van der Waals surface area contributed by atoms with E-state index in [0.29, 0.717) is 31.9 Å². The second-order valence-corrected chi connectivity index (χ2v) is 6.82. The van der Waals surface area contributed by atoms with Crippen molar-refractivity contribution in [1.29, 1.82) is 0 Å². The maximum atomic E-state index is 12.5. The summed E-state index contributed by atoms with van der Waals surface area (Å²) in [6.45, 7) is 4.88. The molecule has 152 valence electrons. The molecule has 4 N–H and O–H groups in total. The minimum absolute atomic E-state index is 0.0243. The van der Waals surface area contributed by atoms with Crippen LogP contribution in [-0.2, 0) is 25.5 Å². The molecule has 0 aliphatic rings. The normalized spacial score (nSPS) is 13.2. The summed E-state index contributed by atoms with van der Waals surface area (Å²) in [5.74, 6) is -0.217. The predicted molar refractivity (Wildman–Crippen MR) is 109 cm³/mol. The number of amides is 1. The van der Waals surface area contributed by atoms with Crippen LogP contribution >= 0.6 is 12.6 Å². The third kappa shape index (κ3) is 11.0. The van der Waals surface area contributed by atoms with Crippen LogP contribution in [0.3, 0.4) is 0 Å². The number of benzene rings is 1. The minimum Gasteiger partial charge on any atom is -0.462 e. The predicted octanol–water partition coefficient (Wildman–Crippen LogP) is 0.529. The van der Waals surface area contributed by atoms with Crippen molar-refractivity contribution in [3.63, 3.8) is 0 Å². The zero-order valence-corrected chi connectivity index (χ0v) is 16.9. The van der Waals surface area contributed by atoms with Gasteiger partial charge in [-0.25, -0.2) is 0 Å². The number of esters is 1. The van der Waals surface area contributed by atoms with Gasteiger partial charge in [-0.3, -0.25) is 9.59 Å². The van der Waals surface area contributed by atoms with Gasteiger partial charge in [-0.05, 0) is 19.4 Å². The van der Waals surface area contributed by atoms with Gasteiger partial charge in [-0.2, -0.15) is 12.6 Å². The van der Waals surface area contributed by atoms with E-state index in [2.05, 4.69) is 23.3 Å². The quantitative estimate of drug-likeness (QED) is 0.220. The Labute approximate surface area is 166 Å². The first kappa shape index (κ1) is 23.4. The van der Waals surface area contributed by atoms with E-state index >= 15 is 0 Å². The van der Waals surface area contributed by atoms with E-state index in [4.69, 9.17) is 15.2 Å². The first-order chi connectivity index (χ1) is 12.9. The molecule has 0 bridgehead atoms. The van der Waals surface area contributed by atoms with Crippen LogP contribution in [0.1, 0.15) is 19.4 Å². The SMILES string of the molecule is CC(C)OC(=O)CNC(=O)C(Cc1ccccc1)OCCNCC(N)CS. The van der Waals surface area contributed by atoms with Gasteiger partial charge in [-0.15, -0.1) is 0 Å². The van der Waals surface area contributed by atoms with Crippen LogP contribution in [0, 0.1) is 0 Å². The van der Waals surface area contributed by atoms with Gasteiger partial charge < -0.3 is 25.8 Å². The van der Waals surface area contributed by atoms with Crippen molar-refractivity contribution >= 4 is 24.5 Å². The number of nitrogens with one attached hydrogen (secondary N) is 2. The molecule has 8 heteroatoms. The van der Waals surface area contributed by atoms with Gasteiger partial charge in [0.1, 0.15) is 12.6 Å². The number of rotatable bonds is 13. The molecule has 1 amide bonds. The first-order valence-electron chi connectivity index (χ1n) is 9.12. The van der Waals surface area contributed by atoms with Crippen LogP contribution in [0.25, 0.3) is 0 Å². The topological polar surface area (TPSA) is 103 Å². The smallest absolute Gasteiger partial charge is 0.325 e. The summed E-state index contributed by atoms with van der Waals surface area (Å²) in [6, 6.07) is 9.57. The van der Waals surface area contributed by atoms with Gasteiger partial charge in [0.15, 0.2) is 0 Å². The maximum absolute atomic E-state index is 12.5. The highest BCUT2D eigenvalue weighted by molar-refractivity contribution is 7.80. The Hall–Kier alpha value is -1.61. The monoisotopic (exact) mass is 397 g/mol. The fourth-order valence-electron chi connectivity index (χ4n) is 2.26. The average molecular weight is 398 g/mol. The highest BCUT2D eigenvalue weighted by Crippen LogP contribution is 2.06. The lowest BCUT2D eigenvalue weighted by molar-refractivity contribution is -0.148. The number of carbonyl (C=O) groups is 2. The summed E-state index contributed by atoms with van der Waals surface area (Å²) in [5.41, 5.74) is 6.76. The summed E-state index contributed by atoms with van der Waals surface area (Å²) in [5, 5.41) is 5.75. The van der Waals surface area contributed by atoms with E-state index in [0.717, 1.165) is 5.56 Å². The van der Waals surface area contributed by atoms with Crippen molar-refractivity contribution < 1.29 is 19.1 Å². The summed E-state index contributed by atoms with van der Waals surface area (Å²) in [6.07, 6.45) is -0.498. The molecule has 2 unspecified atom stereocenters. The zero-order valence-electron chi connectivity index (χ0n) is 16.0. The fraction of sp³-hybridized carbons (Fsp3) is 0.579. The lowest BCUT2D eigenvalue weighted by atomic mass is 10.1. The van der Waals surface area contributed by atoms with Crippen LogP contribution in [-0.4, -0.2) is 62.1 Å². The van der Waals surface area contributed by atoms with E-state index < -0.39 is 12.1 Å². The van der Waals surface area contributed by atoms with Gasteiger partial charge in [0, 0.05) is 31.3 Å². The summed E-state index contributed by atoms with van der Waals surface area (Å²) in [4.78, 5) is 24.1. The number of hydrogen-bond acceptors (Lipinski definition) is 7. The van der Waals surface area contributed by atoms with Gasteiger partial charge in [0.25, 0.3) is 0 Å². The molecule has 0 saturated heterocycles. The third-order valence-corrected chi connectivity index (χ3v) is 4.04. The molecule has 0 radical (unpaired) electrons. The van der Waals surface area contributed by atoms with E-state index in [9.17, 15) is 9.59 Å². The summed E-state index contributed by atoms with van der Waals surface area (Å²) >= 11 is 4.13. The molecule has 0 fully saturated rings. The molecule has 1 aromatic rings. The largest absolute Gasteiger partial charge is 0.462 e. The standard InChI is InChI=1S/C19H31N3O4S/c1-14(2)26-18(23)12-22-19(24)17(10-15-6-4-3-5-7-15)25-9-8-21-11-16(20)13-27/h3-7,14,16-17,21,27H,8-13,20H2,1-2H3,(H,22,24).